The standard InChI is InChI=1S/C25H23F2NS/c26-23-14-18(15-24(27)25(23)29-16-28)5-4-17-6-8-20(9-7-17)22-12-10-21(11-13-22)19-2-1-3-19/h6-9,14-15,19,21-22H,1-3,10-13H2. The Morgan fingerprint density at radius 1 is 0.793 bits per heavy atom. The lowest BCUT2D eigenvalue weighted by atomic mass is 9.67. The quantitative estimate of drug-likeness (QED) is 0.310. The molecule has 2 aromatic rings. The molecule has 0 amide bonds. The largest absolute Gasteiger partial charge is 0.206 e. The normalized spacial score (nSPS) is 21.6. The van der Waals surface area contributed by atoms with Gasteiger partial charge in [-0.05, 0) is 85.0 Å². The molecule has 0 bridgehead atoms. The Hall–Kier alpha value is -2.30. The van der Waals surface area contributed by atoms with Crippen molar-refractivity contribution in [2.24, 2.45) is 11.8 Å². The van der Waals surface area contributed by atoms with Crippen LogP contribution in [0, 0.1) is 46.0 Å². The first-order valence-electron chi connectivity index (χ1n) is 10.3. The fourth-order valence-corrected chi connectivity index (χ4v) is 5.00. The van der Waals surface area contributed by atoms with Crippen molar-refractivity contribution in [3.63, 3.8) is 0 Å². The smallest absolute Gasteiger partial charge is 0.142 e. The van der Waals surface area contributed by atoms with Crippen LogP contribution in [-0.2, 0) is 0 Å². The van der Waals surface area contributed by atoms with Gasteiger partial charge in [-0.15, -0.1) is 0 Å². The maximum atomic E-state index is 13.9. The summed E-state index contributed by atoms with van der Waals surface area (Å²) in [6.45, 7) is 0. The lowest BCUT2D eigenvalue weighted by molar-refractivity contribution is 0.154. The van der Waals surface area contributed by atoms with E-state index in [-0.39, 0.29) is 10.5 Å². The van der Waals surface area contributed by atoms with Gasteiger partial charge in [0, 0.05) is 11.1 Å². The molecule has 2 saturated carbocycles. The van der Waals surface area contributed by atoms with Crippen molar-refractivity contribution in [1.82, 2.24) is 0 Å². The highest BCUT2D eigenvalue weighted by atomic mass is 32.2. The zero-order valence-electron chi connectivity index (χ0n) is 16.3. The van der Waals surface area contributed by atoms with Gasteiger partial charge < -0.3 is 0 Å². The van der Waals surface area contributed by atoms with Crippen molar-refractivity contribution in [3.05, 3.63) is 64.7 Å². The highest BCUT2D eigenvalue weighted by Crippen LogP contribution is 2.44. The Labute approximate surface area is 175 Å². The molecule has 1 nitrogen and oxygen atoms in total. The highest BCUT2D eigenvalue weighted by molar-refractivity contribution is 8.03. The topological polar surface area (TPSA) is 23.8 Å². The van der Waals surface area contributed by atoms with E-state index in [0.717, 1.165) is 17.4 Å². The van der Waals surface area contributed by atoms with E-state index in [0.29, 0.717) is 17.7 Å². The van der Waals surface area contributed by atoms with Crippen molar-refractivity contribution in [1.29, 1.82) is 5.26 Å². The van der Waals surface area contributed by atoms with Gasteiger partial charge in [0.05, 0.1) is 4.90 Å². The van der Waals surface area contributed by atoms with Crippen LogP contribution in [0.15, 0.2) is 41.3 Å². The third-order valence-electron chi connectivity index (χ3n) is 6.47. The summed E-state index contributed by atoms with van der Waals surface area (Å²) in [4.78, 5) is -0.283. The van der Waals surface area contributed by atoms with Crippen LogP contribution in [-0.4, -0.2) is 0 Å². The lowest BCUT2D eigenvalue weighted by Gasteiger charge is -2.38. The molecule has 2 aliphatic carbocycles. The molecule has 0 aromatic heterocycles. The van der Waals surface area contributed by atoms with Gasteiger partial charge in [0.2, 0.25) is 0 Å². The Morgan fingerprint density at radius 2 is 1.38 bits per heavy atom. The third-order valence-corrected chi connectivity index (χ3v) is 7.15. The molecule has 29 heavy (non-hydrogen) atoms. The van der Waals surface area contributed by atoms with Crippen LogP contribution in [0.2, 0.25) is 0 Å². The van der Waals surface area contributed by atoms with E-state index in [1.807, 2.05) is 12.1 Å². The number of nitriles is 1. The summed E-state index contributed by atoms with van der Waals surface area (Å²) in [5.74, 6) is 6.87. The van der Waals surface area contributed by atoms with Crippen LogP contribution >= 0.6 is 11.8 Å². The summed E-state index contributed by atoms with van der Waals surface area (Å²) in [6.07, 6.45) is 9.57. The molecule has 0 unspecified atom stereocenters. The van der Waals surface area contributed by atoms with Crippen LogP contribution < -0.4 is 0 Å². The molecular weight excluding hydrogens is 384 g/mol. The molecule has 4 rings (SSSR count). The predicted molar refractivity (Wildman–Crippen MR) is 112 cm³/mol. The van der Waals surface area contributed by atoms with Gasteiger partial charge in [-0.1, -0.05) is 43.2 Å². The summed E-state index contributed by atoms with van der Waals surface area (Å²) in [5.41, 5.74) is 2.46. The molecule has 0 saturated heterocycles. The van der Waals surface area contributed by atoms with Gasteiger partial charge in [0.1, 0.15) is 17.0 Å². The second-order valence-electron chi connectivity index (χ2n) is 8.14. The van der Waals surface area contributed by atoms with Gasteiger partial charge in [0.25, 0.3) is 0 Å². The average Bonchev–Trinajstić information content (AvgIpc) is 2.69. The molecular formula is C25H23F2NS. The number of rotatable bonds is 3. The summed E-state index contributed by atoms with van der Waals surface area (Å²) in [5, 5.41) is 10.3. The fourth-order valence-electron chi connectivity index (χ4n) is 4.59. The van der Waals surface area contributed by atoms with Gasteiger partial charge in [-0.2, -0.15) is 5.26 Å². The molecule has 0 N–H and O–H groups in total. The van der Waals surface area contributed by atoms with Crippen molar-refractivity contribution < 1.29 is 8.78 Å². The van der Waals surface area contributed by atoms with E-state index in [2.05, 4.69) is 24.0 Å². The summed E-state index contributed by atoms with van der Waals surface area (Å²) in [7, 11) is 0. The minimum atomic E-state index is -0.756. The van der Waals surface area contributed by atoms with Crippen molar-refractivity contribution in [3.8, 4) is 17.2 Å². The van der Waals surface area contributed by atoms with Crippen LogP contribution in [0.5, 0.6) is 0 Å². The van der Waals surface area contributed by atoms with E-state index >= 15 is 0 Å². The summed E-state index contributed by atoms with van der Waals surface area (Å²) in [6, 6.07) is 10.6. The number of benzene rings is 2. The molecule has 4 heteroatoms. The highest BCUT2D eigenvalue weighted by Gasteiger charge is 2.31. The van der Waals surface area contributed by atoms with Crippen LogP contribution in [0.4, 0.5) is 8.78 Å². The monoisotopic (exact) mass is 407 g/mol. The zero-order chi connectivity index (χ0) is 20.2. The Balaban J connectivity index is 1.40. The van der Waals surface area contributed by atoms with Crippen molar-refractivity contribution >= 4 is 11.8 Å². The predicted octanol–water partition coefficient (Wildman–Crippen LogP) is 7.01. The number of hydrogen-bond acceptors (Lipinski definition) is 2. The molecule has 0 atom stereocenters. The minimum Gasteiger partial charge on any atom is -0.206 e. The first kappa shape index (κ1) is 20.0. The second kappa shape index (κ2) is 9.02. The van der Waals surface area contributed by atoms with E-state index < -0.39 is 11.6 Å². The van der Waals surface area contributed by atoms with Gasteiger partial charge in [-0.25, -0.2) is 8.78 Å². The SMILES string of the molecule is N#CSc1c(F)cc(C#Cc2ccc(C3CCC(C4CCC4)CC3)cc2)cc1F. The summed E-state index contributed by atoms with van der Waals surface area (Å²) >= 11 is 0.480. The van der Waals surface area contributed by atoms with Crippen molar-refractivity contribution in [2.75, 3.05) is 0 Å². The minimum absolute atomic E-state index is 0.265. The van der Waals surface area contributed by atoms with E-state index in [4.69, 9.17) is 5.26 Å². The molecule has 0 heterocycles. The first-order valence-corrected chi connectivity index (χ1v) is 11.1. The van der Waals surface area contributed by atoms with Crippen LogP contribution in [0.1, 0.15) is 67.6 Å². The van der Waals surface area contributed by atoms with Gasteiger partial charge in [-0.3, -0.25) is 0 Å². The maximum absolute atomic E-state index is 13.9. The number of thioether (sulfide) groups is 1. The lowest BCUT2D eigenvalue weighted by Crippen LogP contribution is -2.25. The van der Waals surface area contributed by atoms with E-state index in [1.165, 1.54) is 62.6 Å². The molecule has 2 aliphatic rings. The number of thiocyanates is 1. The number of nitrogens with zero attached hydrogens (tertiary/aromatic N) is 1. The molecule has 2 aromatic carbocycles. The fraction of sp³-hybridized carbons (Fsp3) is 0.400. The van der Waals surface area contributed by atoms with Crippen LogP contribution in [0.25, 0.3) is 0 Å². The third kappa shape index (κ3) is 4.65. The zero-order valence-corrected chi connectivity index (χ0v) is 17.1. The van der Waals surface area contributed by atoms with Gasteiger partial charge in [0.15, 0.2) is 0 Å². The first-order chi connectivity index (χ1) is 14.1. The summed E-state index contributed by atoms with van der Waals surface area (Å²) < 4.78 is 27.8. The Morgan fingerprint density at radius 3 is 1.93 bits per heavy atom. The molecule has 2 fully saturated rings. The Bertz CT molecular complexity index is 946. The number of halogens is 2. The van der Waals surface area contributed by atoms with E-state index in [1.54, 1.807) is 5.40 Å². The average molecular weight is 408 g/mol. The van der Waals surface area contributed by atoms with Gasteiger partial charge >= 0.3 is 0 Å². The molecule has 0 spiro atoms. The molecule has 0 radical (unpaired) electrons. The van der Waals surface area contributed by atoms with Crippen LogP contribution in [0.3, 0.4) is 0 Å². The second-order valence-corrected chi connectivity index (χ2v) is 8.93. The van der Waals surface area contributed by atoms with E-state index in [9.17, 15) is 8.78 Å². The molecule has 148 valence electrons. The maximum Gasteiger partial charge on any atom is 0.142 e. The molecule has 0 aliphatic heterocycles. The van der Waals surface area contributed by atoms with Crippen molar-refractivity contribution in [2.45, 2.75) is 55.8 Å². The Kier molecular flexibility index (Phi) is 6.22. The number of hydrogen-bond donors (Lipinski definition) is 0.